The maximum absolute atomic E-state index is 12.4. The van der Waals surface area contributed by atoms with Crippen molar-refractivity contribution in [3.63, 3.8) is 0 Å². The summed E-state index contributed by atoms with van der Waals surface area (Å²) in [4.78, 5) is 23.4. The van der Waals surface area contributed by atoms with Gasteiger partial charge in [-0.2, -0.15) is 0 Å². The van der Waals surface area contributed by atoms with Crippen LogP contribution in [-0.4, -0.2) is 42.4 Å². The van der Waals surface area contributed by atoms with Gasteiger partial charge in [0.25, 0.3) is 0 Å². The van der Waals surface area contributed by atoms with E-state index in [4.69, 9.17) is 9.84 Å². The first-order valence-corrected chi connectivity index (χ1v) is 9.22. The number of hydrogen-bond donors (Lipinski definition) is 3. The number of ether oxygens (including phenoxy) is 1. The Morgan fingerprint density at radius 2 is 1.71 bits per heavy atom. The SMILES string of the molecule is CCC1(CC)C(NC(=O)NC2CCC(C(=O)O)CC2)C(C)C1OC. The van der Waals surface area contributed by atoms with Crippen molar-refractivity contribution in [3.8, 4) is 0 Å². The van der Waals surface area contributed by atoms with Crippen LogP contribution in [0.4, 0.5) is 4.79 Å². The van der Waals surface area contributed by atoms with Gasteiger partial charge in [0.2, 0.25) is 0 Å². The van der Waals surface area contributed by atoms with Crippen molar-refractivity contribution < 1.29 is 19.4 Å². The van der Waals surface area contributed by atoms with Crippen LogP contribution in [0.1, 0.15) is 59.3 Å². The van der Waals surface area contributed by atoms with Crippen molar-refractivity contribution in [2.75, 3.05) is 7.11 Å². The maximum atomic E-state index is 12.4. The Kier molecular flexibility index (Phi) is 6.12. The van der Waals surface area contributed by atoms with Crippen LogP contribution in [0, 0.1) is 17.3 Å². The van der Waals surface area contributed by atoms with Crippen LogP contribution < -0.4 is 10.6 Å². The summed E-state index contributed by atoms with van der Waals surface area (Å²) in [5, 5.41) is 15.2. The minimum absolute atomic E-state index is 0.00642. The van der Waals surface area contributed by atoms with Gasteiger partial charge in [0.15, 0.2) is 0 Å². The van der Waals surface area contributed by atoms with Gasteiger partial charge >= 0.3 is 12.0 Å². The summed E-state index contributed by atoms with van der Waals surface area (Å²) < 4.78 is 5.66. The third-order valence-corrected chi connectivity index (χ3v) is 6.46. The van der Waals surface area contributed by atoms with Gasteiger partial charge in [0, 0.05) is 30.5 Å². The van der Waals surface area contributed by atoms with Crippen molar-refractivity contribution in [3.05, 3.63) is 0 Å². The van der Waals surface area contributed by atoms with Crippen molar-refractivity contribution in [1.29, 1.82) is 0 Å². The number of nitrogens with one attached hydrogen (secondary N) is 2. The molecule has 3 unspecified atom stereocenters. The second-order valence-electron chi connectivity index (χ2n) is 7.44. The molecule has 0 saturated heterocycles. The van der Waals surface area contributed by atoms with Crippen molar-refractivity contribution in [2.45, 2.75) is 77.5 Å². The fourth-order valence-electron chi connectivity index (χ4n) is 4.95. The van der Waals surface area contributed by atoms with Crippen molar-refractivity contribution in [2.24, 2.45) is 17.3 Å². The Morgan fingerprint density at radius 3 is 2.17 bits per heavy atom. The van der Waals surface area contributed by atoms with E-state index in [0.29, 0.717) is 18.8 Å². The molecule has 0 aromatic heterocycles. The van der Waals surface area contributed by atoms with E-state index in [9.17, 15) is 9.59 Å². The standard InChI is InChI=1S/C18H32N2O4/c1-5-18(6-2)14(11(3)15(18)24-4)20-17(23)19-13-9-7-12(8-10-13)16(21)22/h11-15H,5-10H2,1-4H3,(H,21,22)(H2,19,20,23). The molecule has 6 nitrogen and oxygen atoms in total. The molecule has 0 aliphatic heterocycles. The van der Waals surface area contributed by atoms with Crippen LogP contribution in [-0.2, 0) is 9.53 Å². The van der Waals surface area contributed by atoms with E-state index in [0.717, 1.165) is 25.7 Å². The summed E-state index contributed by atoms with van der Waals surface area (Å²) in [5.41, 5.74) is 0.00642. The topological polar surface area (TPSA) is 87.7 Å². The molecule has 2 fully saturated rings. The largest absolute Gasteiger partial charge is 0.481 e. The first-order valence-electron chi connectivity index (χ1n) is 9.22. The van der Waals surface area contributed by atoms with E-state index >= 15 is 0 Å². The Morgan fingerprint density at radius 1 is 1.12 bits per heavy atom. The fourth-order valence-corrected chi connectivity index (χ4v) is 4.95. The van der Waals surface area contributed by atoms with Gasteiger partial charge in [-0.1, -0.05) is 20.8 Å². The molecule has 0 spiro atoms. The molecule has 2 amide bonds. The van der Waals surface area contributed by atoms with Gasteiger partial charge in [-0.15, -0.1) is 0 Å². The lowest BCUT2D eigenvalue weighted by atomic mass is 9.53. The number of urea groups is 1. The van der Waals surface area contributed by atoms with Gasteiger partial charge in [-0.25, -0.2) is 4.79 Å². The molecule has 2 rings (SSSR count). The summed E-state index contributed by atoms with van der Waals surface area (Å²) in [6.45, 7) is 6.43. The molecular formula is C18H32N2O4. The molecular weight excluding hydrogens is 308 g/mol. The highest BCUT2D eigenvalue weighted by atomic mass is 16.5. The number of methoxy groups -OCH3 is 1. The van der Waals surface area contributed by atoms with E-state index in [1.54, 1.807) is 7.11 Å². The highest BCUT2D eigenvalue weighted by Gasteiger charge is 2.58. The van der Waals surface area contributed by atoms with Crippen LogP contribution in [0.2, 0.25) is 0 Å². The summed E-state index contributed by atoms with van der Waals surface area (Å²) >= 11 is 0. The third kappa shape index (κ3) is 3.39. The first kappa shape index (κ1) is 19.0. The molecule has 3 N–H and O–H groups in total. The predicted octanol–water partition coefficient (Wildman–Crippen LogP) is 2.77. The lowest BCUT2D eigenvalue weighted by Crippen LogP contribution is -2.71. The fraction of sp³-hybridized carbons (Fsp3) is 0.889. The molecule has 0 radical (unpaired) electrons. The highest BCUT2D eigenvalue weighted by molar-refractivity contribution is 5.75. The first-order chi connectivity index (χ1) is 11.4. The lowest BCUT2D eigenvalue weighted by molar-refractivity contribution is -0.164. The number of carboxylic acid groups (broad SMARTS) is 1. The molecule has 0 heterocycles. The zero-order valence-corrected chi connectivity index (χ0v) is 15.3. The number of carboxylic acids is 1. The molecule has 2 saturated carbocycles. The van der Waals surface area contributed by atoms with E-state index in [-0.39, 0.29) is 35.6 Å². The second kappa shape index (κ2) is 7.72. The highest BCUT2D eigenvalue weighted by Crippen LogP contribution is 2.52. The molecule has 0 aromatic rings. The Hall–Kier alpha value is -1.30. The van der Waals surface area contributed by atoms with Crippen molar-refractivity contribution in [1.82, 2.24) is 10.6 Å². The summed E-state index contributed by atoms with van der Waals surface area (Å²) in [6.07, 6.45) is 4.88. The Labute approximate surface area is 144 Å². The number of aliphatic carboxylic acids is 1. The number of amides is 2. The molecule has 0 aromatic carbocycles. The Balaban J connectivity index is 1.87. The van der Waals surface area contributed by atoms with Crippen LogP contribution in [0.5, 0.6) is 0 Å². The predicted molar refractivity (Wildman–Crippen MR) is 91.8 cm³/mol. The van der Waals surface area contributed by atoms with Gasteiger partial charge in [-0.05, 0) is 38.5 Å². The quantitative estimate of drug-likeness (QED) is 0.694. The second-order valence-corrected chi connectivity index (χ2v) is 7.44. The molecule has 24 heavy (non-hydrogen) atoms. The van der Waals surface area contributed by atoms with Gasteiger partial charge in [0.05, 0.1) is 12.0 Å². The minimum atomic E-state index is -0.720. The number of hydrogen-bond acceptors (Lipinski definition) is 3. The normalized spacial score (nSPS) is 34.9. The summed E-state index contributed by atoms with van der Waals surface area (Å²) in [5.74, 6) is -0.682. The van der Waals surface area contributed by atoms with E-state index < -0.39 is 5.97 Å². The number of carbonyl (C=O) groups excluding carboxylic acids is 1. The minimum Gasteiger partial charge on any atom is -0.481 e. The van der Waals surface area contributed by atoms with E-state index in [2.05, 4.69) is 31.4 Å². The molecule has 138 valence electrons. The number of rotatable bonds is 6. The molecule has 2 aliphatic carbocycles. The van der Waals surface area contributed by atoms with Gasteiger partial charge in [-0.3, -0.25) is 4.79 Å². The Bertz CT molecular complexity index is 456. The summed E-state index contributed by atoms with van der Waals surface area (Å²) in [6, 6.07) is 0.0612. The zero-order valence-electron chi connectivity index (χ0n) is 15.3. The maximum Gasteiger partial charge on any atom is 0.315 e. The molecule has 2 aliphatic rings. The van der Waals surface area contributed by atoms with Crippen LogP contribution in [0.25, 0.3) is 0 Å². The monoisotopic (exact) mass is 340 g/mol. The van der Waals surface area contributed by atoms with Crippen LogP contribution >= 0.6 is 0 Å². The van der Waals surface area contributed by atoms with Gasteiger partial charge in [0.1, 0.15) is 0 Å². The van der Waals surface area contributed by atoms with Crippen LogP contribution in [0.3, 0.4) is 0 Å². The van der Waals surface area contributed by atoms with Crippen molar-refractivity contribution >= 4 is 12.0 Å². The molecule has 3 atom stereocenters. The number of carbonyl (C=O) groups is 2. The van der Waals surface area contributed by atoms with E-state index in [1.807, 2.05) is 0 Å². The summed E-state index contributed by atoms with van der Waals surface area (Å²) in [7, 11) is 1.75. The van der Waals surface area contributed by atoms with Gasteiger partial charge < -0.3 is 20.5 Å². The van der Waals surface area contributed by atoms with E-state index in [1.165, 1.54) is 0 Å². The smallest absolute Gasteiger partial charge is 0.315 e. The zero-order chi connectivity index (χ0) is 17.9. The molecule has 6 heteroatoms. The third-order valence-electron chi connectivity index (χ3n) is 6.46. The molecule has 0 bridgehead atoms. The average Bonchev–Trinajstić information content (AvgIpc) is 2.57. The average molecular weight is 340 g/mol. The van der Waals surface area contributed by atoms with Crippen LogP contribution in [0.15, 0.2) is 0 Å². The lowest BCUT2D eigenvalue weighted by Gasteiger charge is -2.59.